The number of esters is 1. The summed E-state index contributed by atoms with van der Waals surface area (Å²) in [6.07, 6.45) is 5.69. The number of anilines is 1. The van der Waals surface area contributed by atoms with Crippen LogP contribution in [0.15, 0.2) is 41.3 Å². The average Bonchev–Trinajstić information content (AvgIpc) is 2.83. The van der Waals surface area contributed by atoms with Crippen LogP contribution in [-0.4, -0.2) is 48.1 Å². The van der Waals surface area contributed by atoms with Crippen molar-refractivity contribution in [2.75, 3.05) is 24.7 Å². The fourth-order valence-electron chi connectivity index (χ4n) is 4.44. The first-order chi connectivity index (χ1) is 16.3. The largest absolute Gasteiger partial charge is 0.452 e. The summed E-state index contributed by atoms with van der Waals surface area (Å²) in [6.45, 7) is 5.49. The van der Waals surface area contributed by atoms with Crippen LogP contribution in [0, 0.1) is 20.8 Å². The Labute approximate surface area is 206 Å². The van der Waals surface area contributed by atoms with Crippen molar-refractivity contribution < 1.29 is 19.1 Å². The molecule has 2 aromatic rings. The van der Waals surface area contributed by atoms with E-state index in [4.69, 9.17) is 4.74 Å². The van der Waals surface area contributed by atoms with Crippen LogP contribution < -0.4 is 5.32 Å². The maximum absolute atomic E-state index is 12.7. The molecule has 0 unspecified atom stereocenters. The third-order valence-corrected chi connectivity index (χ3v) is 7.31. The van der Waals surface area contributed by atoms with Gasteiger partial charge in [-0.25, -0.2) is 4.79 Å². The number of ether oxygens (including phenoxy) is 1. The Morgan fingerprint density at radius 2 is 1.68 bits per heavy atom. The summed E-state index contributed by atoms with van der Waals surface area (Å²) in [5, 5.41) is 2.84. The second-order valence-corrected chi connectivity index (χ2v) is 10.00. The summed E-state index contributed by atoms with van der Waals surface area (Å²) in [4.78, 5) is 40.4. The maximum atomic E-state index is 12.7. The van der Waals surface area contributed by atoms with Gasteiger partial charge in [0.2, 0.25) is 5.91 Å². The van der Waals surface area contributed by atoms with Gasteiger partial charge in [0.15, 0.2) is 6.61 Å². The van der Waals surface area contributed by atoms with Gasteiger partial charge in [-0.05, 0) is 56.9 Å². The molecule has 2 amide bonds. The highest BCUT2D eigenvalue weighted by Gasteiger charge is 2.23. The van der Waals surface area contributed by atoms with Gasteiger partial charge >= 0.3 is 5.97 Å². The van der Waals surface area contributed by atoms with Gasteiger partial charge in [0.25, 0.3) is 5.91 Å². The smallest absolute Gasteiger partial charge is 0.339 e. The second kappa shape index (κ2) is 12.1. The Bertz CT molecular complexity index is 1020. The summed E-state index contributed by atoms with van der Waals surface area (Å²) in [5.41, 5.74) is 4.14. The zero-order chi connectivity index (χ0) is 24.7. The average molecular weight is 483 g/mol. The van der Waals surface area contributed by atoms with Gasteiger partial charge < -0.3 is 15.0 Å². The zero-order valence-corrected chi connectivity index (χ0v) is 21.3. The molecule has 0 aromatic heterocycles. The number of hydrogen-bond donors (Lipinski definition) is 1. The minimum Gasteiger partial charge on any atom is -0.452 e. The van der Waals surface area contributed by atoms with Crippen LogP contribution in [0.2, 0.25) is 0 Å². The van der Waals surface area contributed by atoms with Gasteiger partial charge in [0.05, 0.1) is 11.3 Å². The van der Waals surface area contributed by atoms with E-state index in [9.17, 15) is 14.4 Å². The molecule has 0 atom stereocenters. The topological polar surface area (TPSA) is 75.7 Å². The van der Waals surface area contributed by atoms with Gasteiger partial charge in [-0.3, -0.25) is 9.59 Å². The lowest BCUT2D eigenvalue weighted by atomic mass is 9.94. The maximum Gasteiger partial charge on any atom is 0.339 e. The monoisotopic (exact) mass is 482 g/mol. The summed E-state index contributed by atoms with van der Waals surface area (Å²) in [6, 6.07) is 11.3. The van der Waals surface area contributed by atoms with Crippen LogP contribution in [0.5, 0.6) is 0 Å². The minimum atomic E-state index is -0.580. The molecular weight excluding hydrogens is 448 g/mol. The van der Waals surface area contributed by atoms with Gasteiger partial charge in [0.1, 0.15) is 0 Å². The summed E-state index contributed by atoms with van der Waals surface area (Å²) < 4.78 is 5.30. The van der Waals surface area contributed by atoms with E-state index in [2.05, 4.69) is 5.32 Å². The zero-order valence-electron chi connectivity index (χ0n) is 20.5. The molecule has 182 valence electrons. The normalized spacial score (nSPS) is 13.9. The van der Waals surface area contributed by atoms with E-state index in [1.165, 1.54) is 31.0 Å². The van der Waals surface area contributed by atoms with Crippen molar-refractivity contribution in [3.8, 4) is 0 Å². The molecule has 6 nitrogen and oxygen atoms in total. The molecule has 0 radical (unpaired) electrons. The Balaban J connectivity index is 1.55. The molecule has 0 saturated heterocycles. The van der Waals surface area contributed by atoms with Crippen LogP contribution in [0.1, 0.15) is 59.2 Å². The fraction of sp³-hybridized carbons (Fsp3) is 0.444. The number of aryl methyl sites for hydroxylation is 3. The van der Waals surface area contributed by atoms with Gasteiger partial charge in [-0.15, -0.1) is 11.8 Å². The van der Waals surface area contributed by atoms with Gasteiger partial charge in [-0.1, -0.05) is 49.1 Å². The Hall–Kier alpha value is -2.80. The lowest BCUT2D eigenvalue weighted by Crippen LogP contribution is -2.39. The van der Waals surface area contributed by atoms with E-state index in [1.54, 1.807) is 18.2 Å². The van der Waals surface area contributed by atoms with E-state index in [1.807, 2.05) is 50.9 Å². The predicted octanol–water partition coefficient (Wildman–Crippen LogP) is 5.29. The van der Waals surface area contributed by atoms with Crippen molar-refractivity contribution in [2.45, 2.75) is 63.8 Å². The molecule has 0 spiro atoms. The predicted molar refractivity (Wildman–Crippen MR) is 136 cm³/mol. The molecule has 0 aliphatic heterocycles. The molecule has 7 heteroatoms. The van der Waals surface area contributed by atoms with Crippen molar-refractivity contribution in [2.24, 2.45) is 0 Å². The Morgan fingerprint density at radius 1 is 1.03 bits per heavy atom. The van der Waals surface area contributed by atoms with E-state index < -0.39 is 11.9 Å². The Kier molecular flexibility index (Phi) is 9.16. The number of hydrogen-bond acceptors (Lipinski definition) is 5. The van der Waals surface area contributed by atoms with Crippen LogP contribution in [0.3, 0.4) is 0 Å². The number of nitrogens with zero attached hydrogens (tertiary/aromatic N) is 1. The number of carbonyl (C=O) groups excluding carboxylic acids is 3. The first-order valence-electron chi connectivity index (χ1n) is 11.8. The molecule has 1 aliphatic carbocycles. The number of benzene rings is 2. The van der Waals surface area contributed by atoms with Gasteiger partial charge in [0, 0.05) is 23.7 Å². The molecule has 0 bridgehead atoms. The van der Waals surface area contributed by atoms with E-state index in [0.29, 0.717) is 16.5 Å². The van der Waals surface area contributed by atoms with Crippen LogP contribution >= 0.6 is 11.8 Å². The molecule has 0 heterocycles. The first-order valence-corrected chi connectivity index (χ1v) is 12.8. The minimum absolute atomic E-state index is 0.0586. The Morgan fingerprint density at radius 3 is 2.35 bits per heavy atom. The lowest BCUT2D eigenvalue weighted by molar-refractivity contribution is -0.129. The van der Waals surface area contributed by atoms with Crippen molar-refractivity contribution in [1.82, 2.24) is 4.90 Å². The van der Waals surface area contributed by atoms with E-state index in [-0.39, 0.29) is 18.3 Å². The van der Waals surface area contributed by atoms with Crippen molar-refractivity contribution in [3.63, 3.8) is 0 Å². The molecule has 1 N–H and O–H groups in total. The van der Waals surface area contributed by atoms with Gasteiger partial charge in [-0.2, -0.15) is 0 Å². The molecule has 1 fully saturated rings. The summed E-state index contributed by atoms with van der Waals surface area (Å²) >= 11 is 1.33. The molecular formula is C27H34N2O4S. The third kappa shape index (κ3) is 6.86. The SMILES string of the molecule is Cc1cc(C)c(NC(=O)COC(=O)c2ccccc2SCC(=O)N(C)C2CCCCC2)c(C)c1. The van der Waals surface area contributed by atoms with E-state index >= 15 is 0 Å². The quantitative estimate of drug-likeness (QED) is 0.409. The number of thioether (sulfide) groups is 1. The highest BCUT2D eigenvalue weighted by Crippen LogP contribution is 2.26. The van der Waals surface area contributed by atoms with Crippen molar-refractivity contribution in [3.05, 3.63) is 58.7 Å². The highest BCUT2D eigenvalue weighted by atomic mass is 32.2. The molecule has 34 heavy (non-hydrogen) atoms. The first kappa shape index (κ1) is 25.8. The van der Waals surface area contributed by atoms with E-state index in [0.717, 1.165) is 35.2 Å². The molecule has 1 aliphatic rings. The number of rotatable bonds is 8. The number of nitrogens with one attached hydrogen (secondary N) is 1. The lowest BCUT2D eigenvalue weighted by Gasteiger charge is -2.31. The van der Waals surface area contributed by atoms with Crippen LogP contribution in [-0.2, 0) is 14.3 Å². The standard InChI is InChI=1S/C27H34N2O4S/c1-18-14-19(2)26(20(3)15-18)28-24(30)16-33-27(32)22-12-8-9-13-23(22)34-17-25(31)29(4)21-10-6-5-7-11-21/h8-9,12-15,21H,5-7,10-11,16-17H2,1-4H3,(H,28,30). The van der Waals surface area contributed by atoms with Crippen LogP contribution in [0.4, 0.5) is 5.69 Å². The third-order valence-electron chi connectivity index (χ3n) is 6.25. The molecule has 3 rings (SSSR count). The summed E-state index contributed by atoms with van der Waals surface area (Å²) in [7, 11) is 1.87. The molecule has 2 aromatic carbocycles. The highest BCUT2D eigenvalue weighted by molar-refractivity contribution is 8.00. The fourth-order valence-corrected chi connectivity index (χ4v) is 5.40. The van der Waals surface area contributed by atoms with Crippen molar-refractivity contribution in [1.29, 1.82) is 0 Å². The summed E-state index contributed by atoms with van der Waals surface area (Å²) in [5.74, 6) is -0.659. The van der Waals surface area contributed by atoms with Crippen LogP contribution in [0.25, 0.3) is 0 Å². The number of carbonyl (C=O) groups is 3. The number of amides is 2. The second-order valence-electron chi connectivity index (χ2n) is 8.98. The van der Waals surface area contributed by atoms with Crippen molar-refractivity contribution >= 4 is 35.2 Å². The molecule has 1 saturated carbocycles.